The number of hydrogen-bond donors (Lipinski definition) is 0. The number of aromatic nitrogens is 1. The first kappa shape index (κ1) is 13.4. The smallest absolute Gasteiger partial charge is 0.216 e. The SMILES string of the molecule is COc1ccc(-c2ccccc2)cc1-c1cccc[n+]1C. The van der Waals surface area contributed by atoms with Crippen LogP contribution in [-0.2, 0) is 7.05 Å². The van der Waals surface area contributed by atoms with Crippen LogP contribution in [0.1, 0.15) is 0 Å². The molecular formula is C19H18NO+. The van der Waals surface area contributed by atoms with Crippen molar-refractivity contribution in [2.75, 3.05) is 7.11 Å². The van der Waals surface area contributed by atoms with Crippen LogP contribution in [0.15, 0.2) is 72.9 Å². The number of ether oxygens (including phenoxy) is 1. The highest BCUT2D eigenvalue weighted by Crippen LogP contribution is 2.32. The van der Waals surface area contributed by atoms with Crippen molar-refractivity contribution in [3.05, 3.63) is 72.9 Å². The molecule has 2 nitrogen and oxygen atoms in total. The van der Waals surface area contributed by atoms with Crippen LogP contribution in [-0.4, -0.2) is 7.11 Å². The molecule has 0 atom stereocenters. The number of rotatable bonds is 3. The lowest BCUT2D eigenvalue weighted by Crippen LogP contribution is -2.30. The molecule has 3 aromatic rings. The predicted molar refractivity (Wildman–Crippen MR) is 85.0 cm³/mol. The summed E-state index contributed by atoms with van der Waals surface area (Å²) in [5.74, 6) is 0.886. The zero-order valence-electron chi connectivity index (χ0n) is 12.3. The molecule has 2 aromatic carbocycles. The maximum atomic E-state index is 5.53. The molecule has 0 saturated heterocycles. The Morgan fingerprint density at radius 1 is 0.810 bits per heavy atom. The molecule has 3 rings (SSSR count). The van der Waals surface area contributed by atoms with E-state index in [1.165, 1.54) is 11.1 Å². The van der Waals surface area contributed by atoms with E-state index in [0.717, 1.165) is 17.0 Å². The van der Waals surface area contributed by atoms with E-state index >= 15 is 0 Å². The molecule has 1 heterocycles. The van der Waals surface area contributed by atoms with Crippen molar-refractivity contribution in [3.63, 3.8) is 0 Å². The van der Waals surface area contributed by atoms with Gasteiger partial charge in [-0.3, -0.25) is 0 Å². The molecule has 104 valence electrons. The Bertz CT molecular complexity index is 751. The fourth-order valence-corrected chi connectivity index (χ4v) is 2.52. The van der Waals surface area contributed by atoms with Gasteiger partial charge in [0, 0.05) is 12.1 Å². The van der Waals surface area contributed by atoms with Gasteiger partial charge in [0.2, 0.25) is 5.69 Å². The first-order valence-electron chi connectivity index (χ1n) is 6.98. The maximum absolute atomic E-state index is 5.53. The second-order valence-electron chi connectivity index (χ2n) is 4.98. The molecule has 0 aliphatic rings. The molecule has 0 N–H and O–H groups in total. The molecule has 2 heteroatoms. The highest BCUT2D eigenvalue weighted by molar-refractivity contribution is 5.74. The third kappa shape index (κ3) is 2.65. The van der Waals surface area contributed by atoms with Crippen LogP contribution in [0.25, 0.3) is 22.4 Å². The van der Waals surface area contributed by atoms with Crippen LogP contribution in [0.3, 0.4) is 0 Å². The summed E-state index contributed by atoms with van der Waals surface area (Å²) in [6.07, 6.45) is 2.05. The molecule has 0 bridgehead atoms. The van der Waals surface area contributed by atoms with Gasteiger partial charge in [0.05, 0.1) is 12.7 Å². The van der Waals surface area contributed by atoms with Crippen molar-refractivity contribution in [3.8, 4) is 28.1 Å². The quantitative estimate of drug-likeness (QED) is 0.662. The Kier molecular flexibility index (Phi) is 3.69. The first-order valence-corrected chi connectivity index (χ1v) is 6.98. The van der Waals surface area contributed by atoms with Crippen LogP contribution in [0, 0.1) is 0 Å². The monoisotopic (exact) mass is 276 g/mol. The third-order valence-electron chi connectivity index (χ3n) is 3.64. The van der Waals surface area contributed by atoms with Gasteiger partial charge in [0.1, 0.15) is 12.8 Å². The molecule has 0 spiro atoms. The molecule has 1 aromatic heterocycles. The average Bonchev–Trinajstić information content (AvgIpc) is 2.55. The molecule has 0 fully saturated rings. The van der Waals surface area contributed by atoms with Gasteiger partial charge in [-0.15, -0.1) is 0 Å². The number of pyridine rings is 1. The van der Waals surface area contributed by atoms with Crippen LogP contribution in [0.4, 0.5) is 0 Å². The van der Waals surface area contributed by atoms with Gasteiger partial charge in [-0.05, 0) is 29.3 Å². The van der Waals surface area contributed by atoms with Crippen molar-refractivity contribution in [2.45, 2.75) is 0 Å². The Balaban J connectivity index is 2.17. The van der Waals surface area contributed by atoms with Gasteiger partial charge in [0.25, 0.3) is 0 Å². The van der Waals surface area contributed by atoms with Crippen LogP contribution < -0.4 is 9.30 Å². The number of methoxy groups -OCH3 is 1. The molecular weight excluding hydrogens is 258 g/mol. The largest absolute Gasteiger partial charge is 0.496 e. The predicted octanol–water partition coefficient (Wildman–Crippen LogP) is 3.85. The topological polar surface area (TPSA) is 13.1 Å². The second-order valence-corrected chi connectivity index (χ2v) is 4.98. The van der Waals surface area contributed by atoms with Gasteiger partial charge in [-0.25, -0.2) is 4.57 Å². The lowest BCUT2D eigenvalue weighted by Gasteiger charge is -2.10. The Morgan fingerprint density at radius 2 is 1.57 bits per heavy atom. The Morgan fingerprint density at radius 3 is 2.29 bits per heavy atom. The van der Waals surface area contributed by atoms with Gasteiger partial charge in [-0.2, -0.15) is 0 Å². The molecule has 0 saturated carbocycles. The summed E-state index contributed by atoms with van der Waals surface area (Å²) in [5.41, 5.74) is 4.63. The Labute approximate surface area is 125 Å². The van der Waals surface area contributed by atoms with Crippen LogP contribution >= 0.6 is 0 Å². The minimum atomic E-state index is 0.886. The molecule has 0 amide bonds. The minimum absolute atomic E-state index is 0.886. The number of benzene rings is 2. The summed E-state index contributed by atoms with van der Waals surface area (Å²) < 4.78 is 7.64. The minimum Gasteiger partial charge on any atom is -0.496 e. The van der Waals surface area contributed by atoms with Gasteiger partial charge in [-0.1, -0.05) is 36.4 Å². The van der Waals surface area contributed by atoms with E-state index in [-0.39, 0.29) is 0 Å². The van der Waals surface area contributed by atoms with Crippen LogP contribution in [0.5, 0.6) is 5.75 Å². The third-order valence-corrected chi connectivity index (χ3v) is 3.64. The zero-order chi connectivity index (χ0) is 14.7. The fraction of sp³-hybridized carbons (Fsp3) is 0.105. The lowest BCUT2D eigenvalue weighted by molar-refractivity contribution is -0.660. The fourth-order valence-electron chi connectivity index (χ4n) is 2.52. The van der Waals surface area contributed by atoms with E-state index in [2.05, 4.69) is 47.0 Å². The van der Waals surface area contributed by atoms with E-state index in [1.807, 2.05) is 37.5 Å². The molecule has 21 heavy (non-hydrogen) atoms. The average molecular weight is 276 g/mol. The van der Waals surface area contributed by atoms with Gasteiger partial charge in [0.15, 0.2) is 6.20 Å². The van der Waals surface area contributed by atoms with Crippen molar-refractivity contribution in [2.24, 2.45) is 7.05 Å². The number of aryl methyl sites for hydroxylation is 1. The molecule has 0 aliphatic heterocycles. The van der Waals surface area contributed by atoms with E-state index in [9.17, 15) is 0 Å². The summed E-state index contributed by atoms with van der Waals surface area (Å²) in [4.78, 5) is 0. The summed E-state index contributed by atoms with van der Waals surface area (Å²) in [6.45, 7) is 0. The molecule has 0 unspecified atom stereocenters. The zero-order valence-corrected chi connectivity index (χ0v) is 12.3. The van der Waals surface area contributed by atoms with Crippen molar-refractivity contribution in [1.29, 1.82) is 0 Å². The highest BCUT2D eigenvalue weighted by Gasteiger charge is 2.15. The van der Waals surface area contributed by atoms with Crippen molar-refractivity contribution in [1.82, 2.24) is 0 Å². The van der Waals surface area contributed by atoms with E-state index in [1.54, 1.807) is 7.11 Å². The Hall–Kier alpha value is -2.61. The summed E-state index contributed by atoms with van der Waals surface area (Å²) in [6, 6.07) is 22.9. The molecule has 0 aliphatic carbocycles. The summed E-state index contributed by atoms with van der Waals surface area (Å²) in [5, 5.41) is 0. The first-order chi connectivity index (χ1) is 10.3. The lowest BCUT2D eigenvalue weighted by atomic mass is 10.0. The van der Waals surface area contributed by atoms with Crippen molar-refractivity contribution < 1.29 is 9.30 Å². The number of nitrogens with zero attached hydrogens (tertiary/aromatic N) is 1. The second kappa shape index (κ2) is 5.80. The maximum Gasteiger partial charge on any atom is 0.216 e. The standard InChI is InChI=1S/C19H18NO/c1-20-13-7-6-10-18(20)17-14-16(11-12-19(17)21-2)15-8-4-3-5-9-15/h3-14H,1-2H3/q+1. The summed E-state index contributed by atoms with van der Waals surface area (Å²) in [7, 11) is 3.76. The normalized spacial score (nSPS) is 10.4. The van der Waals surface area contributed by atoms with Gasteiger partial charge < -0.3 is 4.74 Å². The highest BCUT2D eigenvalue weighted by atomic mass is 16.5. The van der Waals surface area contributed by atoms with Crippen LogP contribution in [0.2, 0.25) is 0 Å². The van der Waals surface area contributed by atoms with Gasteiger partial charge >= 0.3 is 0 Å². The van der Waals surface area contributed by atoms with E-state index < -0.39 is 0 Å². The molecule has 0 radical (unpaired) electrons. The van der Waals surface area contributed by atoms with Crippen molar-refractivity contribution >= 4 is 0 Å². The summed E-state index contributed by atoms with van der Waals surface area (Å²) >= 11 is 0. The number of hydrogen-bond acceptors (Lipinski definition) is 1. The van der Waals surface area contributed by atoms with E-state index in [0.29, 0.717) is 0 Å². The van der Waals surface area contributed by atoms with E-state index in [4.69, 9.17) is 4.74 Å².